The number of piperidine rings is 1. The van der Waals surface area contributed by atoms with Crippen LogP contribution in [-0.4, -0.2) is 30.5 Å². The maximum atomic E-state index is 12.9. The Morgan fingerprint density at radius 3 is 3.19 bits per heavy atom. The van der Waals surface area contributed by atoms with Crippen LogP contribution in [0.5, 0.6) is 5.75 Å². The van der Waals surface area contributed by atoms with Gasteiger partial charge in [-0.2, -0.15) is 0 Å². The fourth-order valence-corrected chi connectivity index (χ4v) is 1.84. The number of hydrogen-bond donors (Lipinski definition) is 0. The van der Waals surface area contributed by atoms with E-state index in [1.54, 1.807) is 11.0 Å². The second-order valence-corrected chi connectivity index (χ2v) is 3.87. The van der Waals surface area contributed by atoms with Crippen LogP contribution < -0.4 is 4.74 Å². The minimum absolute atomic E-state index is 0.0471. The summed E-state index contributed by atoms with van der Waals surface area (Å²) in [5, 5.41) is 0. The molecule has 0 saturated carbocycles. The monoisotopic (exact) mass is 222 g/mol. The molecule has 1 heterocycles. The van der Waals surface area contributed by atoms with Gasteiger partial charge in [0.05, 0.1) is 6.54 Å². The average molecular weight is 222 g/mol. The van der Waals surface area contributed by atoms with Crippen LogP contribution in [0.4, 0.5) is 4.39 Å². The summed E-state index contributed by atoms with van der Waals surface area (Å²) in [5.74, 6) is 0.110. The predicted octanol–water partition coefficient (Wildman–Crippen LogP) is 1.63. The van der Waals surface area contributed by atoms with E-state index in [9.17, 15) is 9.18 Å². The van der Waals surface area contributed by atoms with Gasteiger partial charge in [0.15, 0.2) is 0 Å². The third-order valence-electron chi connectivity index (χ3n) is 2.59. The summed E-state index contributed by atoms with van der Waals surface area (Å²) in [4.78, 5) is 12.3. The number of ether oxygens (including phenoxy) is 1. The van der Waals surface area contributed by atoms with Crippen LogP contribution in [0.3, 0.4) is 0 Å². The summed E-state index contributed by atoms with van der Waals surface area (Å²) in [5.41, 5.74) is 0. The van der Waals surface area contributed by atoms with Gasteiger partial charge in [-0.3, -0.25) is 4.79 Å². The molecule has 1 amide bonds. The quantitative estimate of drug-likeness (QED) is 0.727. The molecular weight excluding hydrogens is 209 g/mol. The fourth-order valence-electron chi connectivity index (χ4n) is 1.84. The van der Waals surface area contributed by atoms with Crippen molar-refractivity contribution in [3.05, 3.63) is 30.1 Å². The van der Waals surface area contributed by atoms with Gasteiger partial charge in [-0.25, -0.2) is 4.39 Å². The molecule has 0 N–H and O–H groups in total. The second-order valence-electron chi connectivity index (χ2n) is 3.87. The molecule has 0 spiro atoms. The number of halogens is 1. The van der Waals surface area contributed by atoms with E-state index < -0.39 is 0 Å². The molecule has 1 aromatic carbocycles. The summed E-state index contributed by atoms with van der Waals surface area (Å²) in [6.45, 7) is 1.35. The highest BCUT2D eigenvalue weighted by Crippen LogP contribution is 2.18. The number of likely N-dealkylation sites (tertiary alicyclic amines) is 1. The molecule has 1 atom stereocenters. The van der Waals surface area contributed by atoms with Gasteiger partial charge in [0.2, 0.25) is 6.41 Å². The van der Waals surface area contributed by atoms with Crippen molar-refractivity contribution in [3.8, 4) is 5.75 Å². The van der Waals surface area contributed by atoms with Crippen LogP contribution in [0.1, 0.15) is 12.8 Å². The summed E-state index contributed by atoms with van der Waals surface area (Å²) in [6.07, 6.45) is 2.59. The molecule has 1 radical (unpaired) electrons. The first-order valence-corrected chi connectivity index (χ1v) is 5.30. The molecule has 3 nitrogen and oxygen atoms in total. The number of rotatable bonds is 3. The highest BCUT2D eigenvalue weighted by molar-refractivity contribution is 5.47. The lowest BCUT2D eigenvalue weighted by atomic mass is 10.1. The lowest BCUT2D eigenvalue weighted by molar-refractivity contribution is -0.120. The zero-order valence-electron chi connectivity index (χ0n) is 8.86. The number of carbonyl (C=O) groups is 1. The van der Waals surface area contributed by atoms with Crippen LogP contribution in [0.2, 0.25) is 0 Å². The van der Waals surface area contributed by atoms with Crippen molar-refractivity contribution in [2.24, 2.45) is 0 Å². The smallest absolute Gasteiger partial charge is 0.209 e. The van der Waals surface area contributed by atoms with Crippen molar-refractivity contribution in [3.63, 3.8) is 0 Å². The van der Waals surface area contributed by atoms with Crippen molar-refractivity contribution < 1.29 is 13.9 Å². The van der Waals surface area contributed by atoms with Gasteiger partial charge in [0, 0.05) is 12.6 Å². The van der Waals surface area contributed by atoms with Crippen molar-refractivity contribution in [2.75, 3.05) is 13.1 Å². The Morgan fingerprint density at radius 2 is 2.44 bits per heavy atom. The number of benzene rings is 1. The molecule has 1 aromatic rings. The molecule has 1 aliphatic rings. The Labute approximate surface area is 93.8 Å². The topological polar surface area (TPSA) is 29.5 Å². The molecular formula is C12H13FNO2. The molecule has 1 aliphatic heterocycles. The number of nitrogens with zero attached hydrogens (tertiary/aromatic N) is 1. The lowest BCUT2D eigenvalue weighted by Gasteiger charge is -2.30. The zero-order chi connectivity index (χ0) is 11.4. The van der Waals surface area contributed by atoms with E-state index in [-0.39, 0.29) is 11.9 Å². The molecule has 16 heavy (non-hydrogen) atoms. The highest BCUT2D eigenvalue weighted by atomic mass is 19.1. The van der Waals surface area contributed by atoms with E-state index in [0.29, 0.717) is 12.3 Å². The molecule has 1 saturated heterocycles. The van der Waals surface area contributed by atoms with E-state index >= 15 is 0 Å². The lowest BCUT2D eigenvalue weighted by Crippen LogP contribution is -2.40. The molecule has 2 rings (SSSR count). The molecule has 85 valence electrons. The Bertz CT molecular complexity index is 370. The molecule has 4 heteroatoms. The largest absolute Gasteiger partial charge is 0.488 e. The van der Waals surface area contributed by atoms with Gasteiger partial charge in [-0.1, -0.05) is 0 Å². The molecule has 0 aliphatic carbocycles. The third kappa shape index (κ3) is 2.72. The van der Waals surface area contributed by atoms with E-state index in [4.69, 9.17) is 4.74 Å². The van der Waals surface area contributed by atoms with Crippen molar-refractivity contribution in [1.82, 2.24) is 4.90 Å². The van der Waals surface area contributed by atoms with Gasteiger partial charge in [-0.15, -0.1) is 0 Å². The van der Waals surface area contributed by atoms with Gasteiger partial charge < -0.3 is 9.64 Å². The van der Waals surface area contributed by atoms with E-state index in [1.165, 1.54) is 12.1 Å². The molecule has 1 unspecified atom stereocenters. The summed E-state index contributed by atoms with van der Waals surface area (Å²) in [7, 11) is 0. The Hall–Kier alpha value is -1.58. The average Bonchev–Trinajstić information content (AvgIpc) is 2.29. The minimum atomic E-state index is -0.361. The van der Waals surface area contributed by atoms with Crippen LogP contribution in [0.15, 0.2) is 18.2 Å². The number of hydrogen-bond acceptors (Lipinski definition) is 2. The third-order valence-corrected chi connectivity index (χ3v) is 2.59. The number of amides is 1. The van der Waals surface area contributed by atoms with Crippen LogP contribution in [0, 0.1) is 11.9 Å². The SMILES string of the molecule is O=CN1CCCC(Oc2c[c]cc(F)c2)C1. The summed E-state index contributed by atoms with van der Waals surface area (Å²) >= 11 is 0. The van der Waals surface area contributed by atoms with Gasteiger partial charge >= 0.3 is 0 Å². The first-order valence-electron chi connectivity index (χ1n) is 5.30. The predicted molar refractivity (Wildman–Crippen MR) is 56.5 cm³/mol. The summed E-state index contributed by atoms with van der Waals surface area (Å²) < 4.78 is 18.5. The number of carbonyl (C=O) groups excluding carboxylic acids is 1. The Balaban J connectivity index is 1.96. The normalized spacial score (nSPS) is 20.6. The highest BCUT2D eigenvalue weighted by Gasteiger charge is 2.19. The maximum absolute atomic E-state index is 12.9. The first-order chi connectivity index (χ1) is 7.78. The standard InChI is InChI=1S/C12H13FNO2/c13-10-3-1-4-11(7-10)16-12-5-2-6-14(8-12)9-15/h3-4,7,9,12H,2,5-6,8H2. The minimum Gasteiger partial charge on any atom is -0.488 e. The zero-order valence-corrected chi connectivity index (χ0v) is 8.86. The van der Waals surface area contributed by atoms with E-state index in [1.807, 2.05) is 0 Å². The Morgan fingerprint density at radius 1 is 1.56 bits per heavy atom. The van der Waals surface area contributed by atoms with Crippen molar-refractivity contribution >= 4 is 6.41 Å². The molecule has 0 aromatic heterocycles. The van der Waals surface area contributed by atoms with E-state index in [0.717, 1.165) is 25.8 Å². The molecule has 1 fully saturated rings. The van der Waals surface area contributed by atoms with Crippen LogP contribution in [-0.2, 0) is 4.79 Å². The first kappa shape index (κ1) is 10.9. The van der Waals surface area contributed by atoms with Crippen molar-refractivity contribution in [1.29, 1.82) is 0 Å². The van der Waals surface area contributed by atoms with Gasteiger partial charge in [0.25, 0.3) is 0 Å². The van der Waals surface area contributed by atoms with Crippen LogP contribution in [0.25, 0.3) is 0 Å². The van der Waals surface area contributed by atoms with Gasteiger partial charge in [-0.05, 0) is 31.0 Å². The second kappa shape index (κ2) is 4.96. The van der Waals surface area contributed by atoms with E-state index in [2.05, 4.69) is 6.07 Å². The fraction of sp³-hybridized carbons (Fsp3) is 0.417. The Kier molecular flexibility index (Phi) is 3.39. The molecule has 0 bridgehead atoms. The van der Waals surface area contributed by atoms with Gasteiger partial charge in [0.1, 0.15) is 17.7 Å². The van der Waals surface area contributed by atoms with Crippen molar-refractivity contribution in [2.45, 2.75) is 18.9 Å². The van der Waals surface area contributed by atoms with Crippen LogP contribution >= 0.6 is 0 Å². The summed E-state index contributed by atoms with van der Waals surface area (Å²) in [6, 6.07) is 6.85. The maximum Gasteiger partial charge on any atom is 0.209 e.